The zero-order valence-electron chi connectivity index (χ0n) is 18.0. The molecule has 0 radical (unpaired) electrons. The van der Waals surface area contributed by atoms with E-state index in [0.717, 1.165) is 28.3 Å². The monoisotopic (exact) mass is 429 g/mol. The van der Waals surface area contributed by atoms with E-state index in [-0.39, 0.29) is 17.6 Å². The van der Waals surface area contributed by atoms with Gasteiger partial charge in [0.2, 0.25) is 5.89 Å². The molecule has 0 N–H and O–H groups in total. The van der Waals surface area contributed by atoms with Gasteiger partial charge in [-0.25, -0.2) is 0 Å². The van der Waals surface area contributed by atoms with E-state index >= 15 is 0 Å². The highest BCUT2D eigenvalue weighted by molar-refractivity contribution is 7.99. The first-order valence-electron chi connectivity index (χ1n) is 9.71. The van der Waals surface area contributed by atoms with Crippen molar-refractivity contribution in [3.05, 3.63) is 58.7 Å². The molecular formula is C22H27N3O4S. The lowest BCUT2D eigenvalue weighted by molar-refractivity contribution is 0.102. The minimum Gasteiger partial charge on any atom is -0.497 e. The van der Waals surface area contributed by atoms with Gasteiger partial charge in [-0.15, -0.1) is 10.2 Å². The highest BCUT2D eigenvalue weighted by Crippen LogP contribution is 2.24. The van der Waals surface area contributed by atoms with Crippen LogP contribution in [0.25, 0.3) is 0 Å². The third kappa shape index (κ3) is 5.12. The Bertz CT molecular complexity index is 994. The van der Waals surface area contributed by atoms with Gasteiger partial charge in [0.15, 0.2) is 5.78 Å². The van der Waals surface area contributed by atoms with E-state index in [1.807, 2.05) is 44.2 Å². The Morgan fingerprint density at radius 1 is 1.20 bits per heavy atom. The number of aromatic nitrogens is 3. The fourth-order valence-corrected chi connectivity index (χ4v) is 4.21. The summed E-state index contributed by atoms with van der Waals surface area (Å²) >= 11 is 1.26. The van der Waals surface area contributed by atoms with Gasteiger partial charge in [0.05, 0.1) is 31.9 Å². The highest BCUT2D eigenvalue weighted by Gasteiger charge is 2.20. The average Bonchev–Trinajstić information content (AvgIpc) is 3.30. The Hall–Kier alpha value is -2.58. The van der Waals surface area contributed by atoms with Gasteiger partial charge < -0.3 is 18.5 Å². The van der Waals surface area contributed by atoms with E-state index in [0.29, 0.717) is 24.1 Å². The number of aryl methyl sites for hydroxylation is 1. The summed E-state index contributed by atoms with van der Waals surface area (Å²) in [6.07, 6.45) is 0.532. The summed E-state index contributed by atoms with van der Waals surface area (Å²) in [4.78, 5) is 12.8. The van der Waals surface area contributed by atoms with Gasteiger partial charge in [-0.05, 0) is 44.5 Å². The second-order valence-corrected chi connectivity index (χ2v) is 8.08. The predicted octanol–water partition coefficient (Wildman–Crippen LogP) is 4.27. The second kappa shape index (κ2) is 9.95. The zero-order chi connectivity index (χ0) is 21.7. The lowest BCUT2D eigenvalue weighted by atomic mass is 10.1. The van der Waals surface area contributed by atoms with Crippen molar-refractivity contribution in [3.63, 3.8) is 0 Å². The van der Waals surface area contributed by atoms with Crippen molar-refractivity contribution in [2.24, 2.45) is 0 Å². The molecule has 3 aromatic rings. The molecule has 7 nitrogen and oxygen atoms in total. The number of carbonyl (C=O) groups is 1. The van der Waals surface area contributed by atoms with Crippen LogP contribution in [0.15, 0.2) is 40.0 Å². The molecule has 1 aromatic carbocycles. The zero-order valence-corrected chi connectivity index (χ0v) is 18.8. The molecule has 8 heteroatoms. The van der Waals surface area contributed by atoms with E-state index in [9.17, 15) is 4.79 Å². The molecule has 0 spiro atoms. The lowest BCUT2D eigenvalue weighted by Crippen LogP contribution is -2.14. The Morgan fingerprint density at radius 3 is 2.60 bits per heavy atom. The molecular weight excluding hydrogens is 402 g/mol. The summed E-state index contributed by atoms with van der Waals surface area (Å²) < 4.78 is 18.3. The van der Waals surface area contributed by atoms with Crippen molar-refractivity contribution in [1.82, 2.24) is 14.8 Å². The average molecular weight is 430 g/mol. The van der Waals surface area contributed by atoms with Crippen LogP contribution in [0.2, 0.25) is 0 Å². The fraction of sp³-hybridized carbons (Fsp3) is 0.409. The molecule has 2 heterocycles. The van der Waals surface area contributed by atoms with Gasteiger partial charge >= 0.3 is 0 Å². The highest BCUT2D eigenvalue weighted by atomic mass is 32.2. The van der Waals surface area contributed by atoms with Crippen molar-refractivity contribution in [1.29, 1.82) is 0 Å². The van der Waals surface area contributed by atoms with Crippen LogP contribution in [-0.2, 0) is 11.2 Å². The van der Waals surface area contributed by atoms with Crippen molar-refractivity contribution in [2.75, 3.05) is 26.6 Å². The molecule has 2 aromatic heterocycles. The molecule has 3 rings (SSSR count). The number of ketones is 1. The Kier molecular flexibility index (Phi) is 7.33. The van der Waals surface area contributed by atoms with E-state index in [1.54, 1.807) is 14.2 Å². The standard InChI is InChI=1S/C22H27N3O4S/c1-14-10-19(16(3)25(14)15(2)12-27-4)20(26)13-30-22-24-23-21(29-22)11-17-6-8-18(28-5)9-7-17/h6-10,15H,11-13H2,1-5H3. The van der Waals surface area contributed by atoms with Gasteiger partial charge in [0.25, 0.3) is 5.22 Å². The summed E-state index contributed by atoms with van der Waals surface area (Å²) in [6.45, 7) is 6.65. The van der Waals surface area contributed by atoms with Crippen LogP contribution in [0, 0.1) is 13.8 Å². The third-order valence-corrected chi connectivity index (χ3v) is 5.74. The Balaban J connectivity index is 1.61. The summed E-state index contributed by atoms with van der Waals surface area (Å²) in [6, 6.07) is 9.81. The minimum absolute atomic E-state index is 0.0406. The number of rotatable bonds is 10. The Morgan fingerprint density at radius 2 is 1.93 bits per heavy atom. The molecule has 0 fully saturated rings. The number of thioether (sulfide) groups is 1. The Labute approximate surface area is 180 Å². The first-order valence-corrected chi connectivity index (χ1v) is 10.7. The van der Waals surface area contributed by atoms with E-state index < -0.39 is 0 Å². The first kappa shape index (κ1) is 22.1. The van der Waals surface area contributed by atoms with Crippen LogP contribution < -0.4 is 4.74 Å². The molecule has 0 aliphatic carbocycles. The number of hydrogen-bond acceptors (Lipinski definition) is 7. The maximum absolute atomic E-state index is 12.8. The molecule has 0 aliphatic rings. The van der Waals surface area contributed by atoms with Crippen LogP contribution >= 0.6 is 11.8 Å². The lowest BCUT2D eigenvalue weighted by Gasteiger charge is -2.17. The maximum atomic E-state index is 12.8. The van der Waals surface area contributed by atoms with Gasteiger partial charge in [-0.2, -0.15) is 0 Å². The SMILES string of the molecule is COCC(C)n1c(C)cc(C(=O)CSc2nnc(Cc3ccc(OC)cc3)o2)c1C. The smallest absolute Gasteiger partial charge is 0.277 e. The number of nitrogens with zero attached hydrogens (tertiary/aromatic N) is 3. The van der Waals surface area contributed by atoms with Gasteiger partial charge in [-0.1, -0.05) is 23.9 Å². The van der Waals surface area contributed by atoms with Crippen LogP contribution in [0.3, 0.4) is 0 Å². The van der Waals surface area contributed by atoms with Crippen molar-refractivity contribution in [3.8, 4) is 5.75 Å². The van der Waals surface area contributed by atoms with Gasteiger partial charge in [-0.3, -0.25) is 4.79 Å². The van der Waals surface area contributed by atoms with Crippen molar-refractivity contribution in [2.45, 2.75) is 38.5 Å². The summed E-state index contributed by atoms with van der Waals surface area (Å²) in [7, 11) is 3.32. The number of hydrogen-bond donors (Lipinski definition) is 0. The second-order valence-electron chi connectivity index (χ2n) is 7.16. The summed E-state index contributed by atoms with van der Waals surface area (Å²) in [5.41, 5.74) is 3.77. The summed E-state index contributed by atoms with van der Waals surface area (Å²) in [5, 5.41) is 8.54. The van der Waals surface area contributed by atoms with Gasteiger partial charge in [0.1, 0.15) is 5.75 Å². The molecule has 1 unspecified atom stereocenters. The van der Waals surface area contributed by atoms with Crippen LogP contribution in [0.1, 0.15) is 46.2 Å². The molecule has 0 amide bonds. The van der Waals surface area contributed by atoms with E-state index in [1.165, 1.54) is 11.8 Å². The number of Topliss-reactive ketones (excluding diaryl/α,β-unsaturated/α-hetero) is 1. The van der Waals surface area contributed by atoms with Crippen LogP contribution in [0.5, 0.6) is 5.75 Å². The van der Waals surface area contributed by atoms with Gasteiger partial charge in [0, 0.05) is 24.1 Å². The fourth-order valence-electron chi connectivity index (χ4n) is 3.54. The first-order chi connectivity index (χ1) is 14.4. The third-order valence-electron chi connectivity index (χ3n) is 4.92. The molecule has 30 heavy (non-hydrogen) atoms. The maximum Gasteiger partial charge on any atom is 0.277 e. The molecule has 160 valence electrons. The largest absolute Gasteiger partial charge is 0.497 e. The van der Waals surface area contributed by atoms with E-state index in [2.05, 4.69) is 21.7 Å². The summed E-state index contributed by atoms with van der Waals surface area (Å²) in [5.74, 6) is 1.60. The quantitative estimate of drug-likeness (QED) is 0.352. The molecule has 1 atom stereocenters. The predicted molar refractivity (Wildman–Crippen MR) is 116 cm³/mol. The van der Waals surface area contributed by atoms with E-state index in [4.69, 9.17) is 13.9 Å². The number of methoxy groups -OCH3 is 2. The van der Waals surface area contributed by atoms with Crippen LogP contribution in [0.4, 0.5) is 0 Å². The molecule has 0 aliphatic heterocycles. The van der Waals surface area contributed by atoms with Crippen LogP contribution in [-0.4, -0.2) is 47.1 Å². The normalized spacial score (nSPS) is 12.2. The topological polar surface area (TPSA) is 79.4 Å². The number of benzene rings is 1. The molecule has 0 saturated heterocycles. The number of carbonyl (C=O) groups excluding carboxylic acids is 1. The van der Waals surface area contributed by atoms with Crippen molar-refractivity contribution >= 4 is 17.5 Å². The number of ether oxygens (including phenoxy) is 2. The molecule has 0 bridgehead atoms. The van der Waals surface area contributed by atoms with Crippen molar-refractivity contribution < 1.29 is 18.7 Å². The minimum atomic E-state index is 0.0406. The molecule has 0 saturated carbocycles.